The Morgan fingerprint density at radius 1 is 1.09 bits per heavy atom. The van der Waals surface area contributed by atoms with Crippen LogP contribution < -0.4 is 5.73 Å². The Balaban J connectivity index is 2.33. The van der Waals surface area contributed by atoms with Gasteiger partial charge in [-0.1, -0.05) is 52.3 Å². The van der Waals surface area contributed by atoms with E-state index in [4.69, 9.17) is 5.73 Å². The molecule has 0 atom stereocenters. The number of amides is 1. The summed E-state index contributed by atoms with van der Waals surface area (Å²) in [4.78, 5) is 11.2. The van der Waals surface area contributed by atoms with Crippen molar-refractivity contribution in [2.75, 3.05) is 6.54 Å². The Bertz CT molecular complexity index is 779. The molecule has 5 nitrogen and oxygen atoms in total. The molecule has 23 heavy (non-hydrogen) atoms. The van der Waals surface area contributed by atoms with E-state index in [1.54, 1.807) is 12.1 Å². The van der Waals surface area contributed by atoms with Crippen molar-refractivity contribution >= 4 is 31.9 Å². The van der Waals surface area contributed by atoms with Gasteiger partial charge in [0.15, 0.2) is 0 Å². The monoisotopic (exact) mass is 396 g/mol. The lowest BCUT2D eigenvalue weighted by atomic mass is 10.2. The Hall–Kier alpha value is -1.70. The van der Waals surface area contributed by atoms with Gasteiger partial charge in [0.25, 0.3) is 0 Å². The van der Waals surface area contributed by atoms with E-state index in [9.17, 15) is 13.2 Å². The first-order chi connectivity index (χ1) is 10.9. The van der Waals surface area contributed by atoms with Crippen LogP contribution in [0.5, 0.6) is 0 Å². The maximum absolute atomic E-state index is 12.9. The van der Waals surface area contributed by atoms with E-state index in [0.717, 1.165) is 5.56 Å². The Morgan fingerprint density at radius 3 is 2.39 bits per heavy atom. The summed E-state index contributed by atoms with van der Waals surface area (Å²) in [5.41, 5.74) is 6.02. The highest BCUT2D eigenvalue weighted by Crippen LogP contribution is 2.22. The number of nitrogens with two attached hydrogens (primary N) is 1. The normalized spacial score (nSPS) is 11.6. The molecular weight excluding hydrogens is 380 g/mol. The largest absolute Gasteiger partial charge is 0.370 e. The molecule has 1 amide bonds. The molecule has 0 heterocycles. The van der Waals surface area contributed by atoms with Crippen molar-refractivity contribution in [2.24, 2.45) is 5.73 Å². The molecule has 0 aromatic heterocycles. The number of hydrogen-bond donors (Lipinski definition) is 1. The molecule has 2 rings (SSSR count). The molecule has 0 bridgehead atoms. The second-order valence-corrected chi connectivity index (χ2v) is 7.85. The lowest BCUT2D eigenvalue weighted by molar-refractivity contribution is -0.118. The highest BCUT2D eigenvalue weighted by atomic mass is 79.9. The van der Waals surface area contributed by atoms with Crippen LogP contribution in [0.15, 0.2) is 64.0 Å². The Morgan fingerprint density at radius 2 is 1.78 bits per heavy atom. The first-order valence-corrected chi connectivity index (χ1v) is 9.21. The van der Waals surface area contributed by atoms with Gasteiger partial charge in [-0.05, 0) is 23.8 Å². The zero-order chi connectivity index (χ0) is 16.9. The fourth-order valence-corrected chi connectivity index (χ4v) is 4.11. The van der Waals surface area contributed by atoms with Crippen LogP contribution in [-0.4, -0.2) is 25.2 Å². The molecule has 0 radical (unpaired) electrons. The van der Waals surface area contributed by atoms with E-state index in [-0.39, 0.29) is 24.4 Å². The van der Waals surface area contributed by atoms with Crippen molar-refractivity contribution in [3.8, 4) is 0 Å². The van der Waals surface area contributed by atoms with Gasteiger partial charge in [0.2, 0.25) is 15.9 Å². The minimum atomic E-state index is -3.72. The number of carbonyl (C=O) groups excluding carboxylic acids is 1. The van der Waals surface area contributed by atoms with Gasteiger partial charge >= 0.3 is 0 Å². The third kappa shape index (κ3) is 4.89. The van der Waals surface area contributed by atoms with Gasteiger partial charge in [-0.2, -0.15) is 4.31 Å². The van der Waals surface area contributed by atoms with Crippen LogP contribution in [0, 0.1) is 0 Å². The maximum Gasteiger partial charge on any atom is 0.243 e. The second-order valence-electron chi connectivity index (χ2n) is 5.00. The molecule has 0 fully saturated rings. The quantitative estimate of drug-likeness (QED) is 0.780. The lowest BCUT2D eigenvalue weighted by Gasteiger charge is -2.22. The molecule has 0 unspecified atom stereocenters. The van der Waals surface area contributed by atoms with Crippen LogP contribution in [0.2, 0.25) is 0 Å². The molecule has 0 spiro atoms. The molecule has 0 aliphatic carbocycles. The van der Waals surface area contributed by atoms with Crippen molar-refractivity contribution in [1.82, 2.24) is 4.31 Å². The number of sulfonamides is 1. The SMILES string of the molecule is NC(=O)CCN(Cc1ccccc1)S(=O)(=O)c1cccc(Br)c1. The highest BCUT2D eigenvalue weighted by molar-refractivity contribution is 9.10. The van der Waals surface area contributed by atoms with Gasteiger partial charge in [-0.3, -0.25) is 4.79 Å². The molecule has 2 aromatic carbocycles. The van der Waals surface area contributed by atoms with Gasteiger partial charge in [-0.25, -0.2) is 8.42 Å². The van der Waals surface area contributed by atoms with Crippen LogP contribution in [0.1, 0.15) is 12.0 Å². The standard InChI is InChI=1S/C16H17BrN2O3S/c17-14-7-4-8-15(11-14)23(21,22)19(10-9-16(18)20)12-13-5-2-1-3-6-13/h1-8,11H,9-10,12H2,(H2,18,20). The van der Waals surface area contributed by atoms with E-state index >= 15 is 0 Å². The summed E-state index contributed by atoms with van der Waals surface area (Å²) in [6.07, 6.45) is -0.0277. The van der Waals surface area contributed by atoms with Gasteiger partial charge in [0, 0.05) is 24.0 Å². The molecule has 0 aliphatic heterocycles. The number of benzene rings is 2. The minimum Gasteiger partial charge on any atom is -0.370 e. The number of halogens is 1. The molecule has 0 saturated carbocycles. The molecule has 2 aromatic rings. The van der Waals surface area contributed by atoms with Crippen LogP contribution in [-0.2, 0) is 21.4 Å². The molecule has 0 aliphatic rings. The van der Waals surface area contributed by atoms with Gasteiger partial charge in [-0.15, -0.1) is 0 Å². The zero-order valence-corrected chi connectivity index (χ0v) is 14.8. The van der Waals surface area contributed by atoms with E-state index in [1.807, 2.05) is 30.3 Å². The fraction of sp³-hybridized carbons (Fsp3) is 0.188. The Kier molecular flexibility index (Phi) is 5.92. The number of carbonyl (C=O) groups is 1. The molecule has 7 heteroatoms. The molecule has 0 saturated heterocycles. The van der Waals surface area contributed by atoms with Crippen molar-refractivity contribution in [3.63, 3.8) is 0 Å². The van der Waals surface area contributed by atoms with Crippen LogP contribution >= 0.6 is 15.9 Å². The van der Waals surface area contributed by atoms with Crippen molar-refractivity contribution in [3.05, 3.63) is 64.6 Å². The lowest BCUT2D eigenvalue weighted by Crippen LogP contribution is -2.33. The van der Waals surface area contributed by atoms with Crippen LogP contribution in [0.3, 0.4) is 0 Å². The summed E-state index contributed by atoms with van der Waals surface area (Å²) < 4.78 is 27.7. The minimum absolute atomic E-state index is 0.0277. The molecule has 122 valence electrons. The van der Waals surface area contributed by atoms with E-state index in [1.165, 1.54) is 16.4 Å². The molecular formula is C16H17BrN2O3S. The number of rotatable bonds is 7. The number of primary amides is 1. The van der Waals surface area contributed by atoms with Gasteiger partial charge < -0.3 is 5.73 Å². The first-order valence-electron chi connectivity index (χ1n) is 6.97. The number of hydrogen-bond acceptors (Lipinski definition) is 3. The van der Waals surface area contributed by atoms with Gasteiger partial charge in [0.05, 0.1) is 4.90 Å². The average Bonchev–Trinajstić information content (AvgIpc) is 2.52. The highest BCUT2D eigenvalue weighted by Gasteiger charge is 2.25. The van der Waals surface area contributed by atoms with Gasteiger partial charge in [0.1, 0.15) is 0 Å². The predicted octanol–water partition coefficient (Wildman–Crippen LogP) is 2.52. The second kappa shape index (κ2) is 7.72. The summed E-state index contributed by atoms with van der Waals surface area (Å²) in [5.74, 6) is -0.535. The molecule has 2 N–H and O–H groups in total. The van der Waals surface area contributed by atoms with Crippen LogP contribution in [0.4, 0.5) is 0 Å². The van der Waals surface area contributed by atoms with E-state index in [0.29, 0.717) is 4.47 Å². The van der Waals surface area contributed by atoms with Crippen molar-refractivity contribution < 1.29 is 13.2 Å². The fourth-order valence-electron chi connectivity index (χ4n) is 2.08. The zero-order valence-electron chi connectivity index (χ0n) is 12.4. The number of nitrogens with zero attached hydrogens (tertiary/aromatic N) is 1. The summed E-state index contributed by atoms with van der Waals surface area (Å²) in [6.45, 7) is 0.224. The first kappa shape index (κ1) is 17.7. The summed E-state index contributed by atoms with van der Waals surface area (Å²) in [7, 11) is -3.72. The third-order valence-electron chi connectivity index (χ3n) is 3.24. The Labute approximate surface area is 144 Å². The average molecular weight is 397 g/mol. The maximum atomic E-state index is 12.9. The predicted molar refractivity (Wildman–Crippen MR) is 92.0 cm³/mol. The summed E-state index contributed by atoms with van der Waals surface area (Å²) >= 11 is 3.28. The van der Waals surface area contributed by atoms with Crippen molar-refractivity contribution in [1.29, 1.82) is 0 Å². The third-order valence-corrected chi connectivity index (χ3v) is 5.58. The van der Waals surface area contributed by atoms with E-state index < -0.39 is 15.9 Å². The summed E-state index contributed by atoms with van der Waals surface area (Å²) in [6, 6.07) is 15.7. The topological polar surface area (TPSA) is 80.5 Å². The smallest absolute Gasteiger partial charge is 0.243 e. The van der Waals surface area contributed by atoms with E-state index in [2.05, 4.69) is 15.9 Å². The van der Waals surface area contributed by atoms with Crippen LogP contribution in [0.25, 0.3) is 0 Å². The van der Waals surface area contributed by atoms with Crippen molar-refractivity contribution in [2.45, 2.75) is 17.9 Å². The summed E-state index contributed by atoms with van der Waals surface area (Å²) in [5, 5.41) is 0.